The van der Waals surface area contributed by atoms with E-state index < -0.39 is 0 Å². The van der Waals surface area contributed by atoms with Crippen LogP contribution in [0.3, 0.4) is 0 Å². The molecule has 0 spiro atoms. The van der Waals surface area contributed by atoms with Gasteiger partial charge in [-0.05, 0) is 38.3 Å². The lowest BCUT2D eigenvalue weighted by molar-refractivity contribution is -0.127. The minimum atomic E-state index is 0.228. The molecule has 2 nitrogen and oxygen atoms in total. The molecule has 1 saturated carbocycles. The van der Waals surface area contributed by atoms with Gasteiger partial charge in [0.25, 0.3) is 0 Å². The maximum Gasteiger partial charge on any atom is 0.0658 e. The highest BCUT2D eigenvalue weighted by molar-refractivity contribution is 6.31. The molecule has 0 bridgehead atoms. The Labute approximate surface area is 127 Å². The van der Waals surface area contributed by atoms with Gasteiger partial charge in [-0.1, -0.05) is 43.6 Å². The molecule has 20 heavy (non-hydrogen) atoms. The highest BCUT2D eigenvalue weighted by atomic mass is 35.5. The Bertz CT molecular complexity index is 450. The third kappa shape index (κ3) is 2.88. The number of halogens is 1. The summed E-state index contributed by atoms with van der Waals surface area (Å²) in [4.78, 5) is 0. The zero-order chi connectivity index (χ0) is 14.8. The minimum absolute atomic E-state index is 0.228. The molecule has 0 aliphatic heterocycles. The standard InChI is InChI=1S/C17H26ClNO/c1-5-17(4)15(11-16(17)20-6-2)19-12(3)13-9-7-8-10-14(13)18/h7-10,12,15-16,19H,5-6,11H2,1-4H3. The van der Waals surface area contributed by atoms with Gasteiger partial charge in [0.05, 0.1) is 6.10 Å². The third-order valence-electron chi connectivity index (χ3n) is 4.93. The summed E-state index contributed by atoms with van der Waals surface area (Å²) in [5.41, 5.74) is 1.40. The average Bonchev–Trinajstić information content (AvgIpc) is 2.45. The fraction of sp³-hybridized carbons (Fsp3) is 0.647. The molecular formula is C17H26ClNO. The first-order chi connectivity index (χ1) is 9.52. The lowest BCUT2D eigenvalue weighted by Gasteiger charge is -2.54. The van der Waals surface area contributed by atoms with Crippen LogP contribution in [0.2, 0.25) is 5.02 Å². The summed E-state index contributed by atoms with van der Waals surface area (Å²) in [6.07, 6.45) is 2.60. The van der Waals surface area contributed by atoms with Gasteiger partial charge < -0.3 is 10.1 Å². The zero-order valence-electron chi connectivity index (χ0n) is 12.9. The van der Waals surface area contributed by atoms with Crippen molar-refractivity contribution >= 4 is 11.6 Å². The van der Waals surface area contributed by atoms with E-state index in [-0.39, 0.29) is 11.5 Å². The second kappa shape index (κ2) is 6.46. The predicted molar refractivity (Wildman–Crippen MR) is 85.2 cm³/mol. The average molecular weight is 296 g/mol. The zero-order valence-corrected chi connectivity index (χ0v) is 13.7. The van der Waals surface area contributed by atoms with E-state index in [2.05, 4.69) is 39.1 Å². The van der Waals surface area contributed by atoms with Gasteiger partial charge in [0.1, 0.15) is 0 Å². The van der Waals surface area contributed by atoms with Crippen molar-refractivity contribution in [1.29, 1.82) is 0 Å². The summed E-state index contributed by atoms with van der Waals surface area (Å²) < 4.78 is 5.86. The van der Waals surface area contributed by atoms with Crippen LogP contribution < -0.4 is 5.32 Å². The Morgan fingerprint density at radius 3 is 2.70 bits per heavy atom. The number of ether oxygens (including phenoxy) is 1. The molecule has 1 aliphatic rings. The van der Waals surface area contributed by atoms with Crippen LogP contribution >= 0.6 is 11.6 Å². The van der Waals surface area contributed by atoms with Gasteiger partial charge >= 0.3 is 0 Å². The molecule has 1 aliphatic carbocycles. The van der Waals surface area contributed by atoms with E-state index in [4.69, 9.17) is 16.3 Å². The maximum absolute atomic E-state index is 6.28. The van der Waals surface area contributed by atoms with E-state index in [1.54, 1.807) is 0 Å². The van der Waals surface area contributed by atoms with Gasteiger partial charge in [-0.2, -0.15) is 0 Å². The van der Waals surface area contributed by atoms with Crippen molar-refractivity contribution in [1.82, 2.24) is 5.32 Å². The molecule has 4 unspecified atom stereocenters. The molecule has 0 heterocycles. The molecule has 0 amide bonds. The second-order valence-electron chi connectivity index (χ2n) is 6.00. The van der Waals surface area contributed by atoms with E-state index in [1.807, 2.05) is 18.2 Å². The van der Waals surface area contributed by atoms with E-state index in [0.29, 0.717) is 12.1 Å². The van der Waals surface area contributed by atoms with Gasteiger partial charge in [0, 0.05) is 29.1 Å². The van der Waals surface area contributed by atoms with Crippen molar-refractivity contribution in [2.75, 3.05) is 6.61 Å². The Kier molecular flexibility index (Phi) is 5.11. The summed E-state index contributed by atoms with van der Waals surface area (Å²) >= 11 is 6.28. The monoisotopic (exact) mass is 295 g/mol. The summed E-state index contributed by atoms with van der Waals surface area (Å²) in [7, 11) is 0. The smallest absolute Gasteiger partial charge is 0.0658 e. The Morgan fingerprint density at radius 1 is 1.40 bits per heavy atom. The normalized spacial score (nSPS) is 30.9. The number of hydrogen-bond donors (Lipinski definition) is 1. The van der Waals surface area contributed by atoms with Crippen molar-refractivity contribution in [3.05, 3.63) is 34.9 Å². The Hall–Kier alpha value is -0.570. The summed E-state index contributed by atoms with van der Waals surface area (Å²) in [6, 6.07) is 8.84. The van der Waals surface area contributed by atoms with E-state index in [0.717, 1.165) is 24.5 Å². The van der Waals surface area contributed by atoms with Gasteiger partial charge in [-0.15, -0.1) is 0 Å². The van der Waals surface area contributed by atoms with Crippen LogP contribution in [0.5, 0.6) is 0 Å². The van der Waals surface area contributed by atoms with Gasteiger partial charge in [-0.25, -0.2) is 0 Å². The second-order valence-corrected chi connectivity index (χ2v) is 6.41. The summed E-state index contributed by atoms with van der Waals surface area (Å²) in [5, 5.41) is 4.58. The van der Waals surface area contributed by atoms with Crippen LogP contribution in [0.4, 0.5) is 0 Å². The van der Waals surface area contributed by atoms with Crippen molar-refractivity contribution < 1.29 is 4.74 Å². The fourth-order valence-electron chi connectivity index (χ4n) is 3.23. The molecule has 3 heteroatoms. The molecule has 0 radical (unpaired) electrons. The van der Waals surface area contributed by atoms with Crippen LogP contribution in [0.25, 0.3) is 0 Å². The van der Waals surface area contributed by atoms with Crippen molar-refractivity contribution in [2.24, 2.45) is 5.41 Å². The van der Waals surface area contributed by atoms with E-state index in [1.165, 1.54) is 5.56 Å². The molecule has 4 atom stereocenters. The molecule has 112 valence electrons. The lowest BCUT2D eigenvalue weighted by Crippen LogP contribution is -2.62. The molecule has 2 rings (SSSR count). The minimum Gasteiger partial charge on any atom is -0.378 e. The molecule has 0 aromatic heterocycles. The highest BCUT2D eigenvalue weighted by Crippen LogP contribution is 2.46. The number of hydrogen-bond acceptors (Lipinski definition) is 2. The largest absolute Gasteiger partial charge is 0.378 e. The molecular weight excluding hydrogens is 270 g/mol. The Morgan fingerprint density at radius 2 is 2.10 bits per heavy atom. The maximum atomic E-state index is 6.28. The van der Waals surface area contributed by atoms with Crippen LogP contribution in [-0.4, -0.2) is 18.8 Å². The molecule has 1 fully saturated rings. The van der Waals surface area contributed by atoms with Crippen LogP contribution in [0, 0.1) is 5.41 Å². The van der Waals surface area contributed by atoms with Crippen LogP contribution in [0.1, 0.15) is 52.1 Å². The van der Waals surface area contributed by atoms with Crippen LogP contribution in [-0.2, 0) is 4.74 Å². The summed E-state index contributed by atoms with van der Waals surface area (Å²) in [5.74, 6) is 0. The van der Waals surface area contributed by atoms with E-state index in [9.17, 15) is 0 Å². The quantitative estimate of drug-likeness (QED) is 0.829. The highest BCUT2D eigenvalue weighted by Gasteiger charge is 2.51. The predicted octanol–water partition coefficient (Wildman–Crippen LogP) is 4.58. The lowest BCUT2D eigenvalue weighted by atomic mass is 9.61. The van der Waals surface area contributed by atoms with Crippen LogP contribution in [0.15, 0.2) is 24.3 Å². The first-order valence-electron chi connectivity index (χ1n) is 7.65. The van der Waals surface area contributed by atoms with Crippen molar-refractivity contribution in [3.8, 4) is 0 Å². The van der Waals surface area contributed by atoms with Gasteiger partial charge in [0.2, 0.25) is 0 Å². The Balaban J connectivity index is 2.02. The summed E-state index contributed by atoms with van der Waals surface area (Å²) in [6.45, 7) is 9.63. The van der Waals surface area contributed by atoms with E-state index >= 15 is 0 Å². The molecule has 1 aromatic rings. The van der Waals surface area contributed by atoms with Crippen molar-refractivity contribution in [2.45, 2.75) is 58.7 Å². The number of nitrogens with one attached hydrogen (secondary N) is 1. The van der Waals surface area contributed by atoms with Crippen molar-refractivity contribution in [3.63, 3.8) is 0 Å². The molecule has 1 aromatic carbocycles. The topological polar surface area (TPSA) is 21.3 Å². The first-order valence-corrected chi connectivity index (χ1v) is 8.02. The first kappa shape index (κ1) is 15.8. The molecule has 1 N–H and O–H groups in total. The van der Waals surface area contributed by atoms with Gasteiger partial charge in [-0.3, -0.25) is 0 Å². The number of rotatable bonds is 6. The third-order valence-corrected chi connectivity index (χ3v) is 5.28. The molecule has 0 saturated heterocycles. The SMILES string of the molecule is CCOC1CC(NC(C)c2ccccc2Cl)C1(C)CC. The van der Waals surface area contributed by atoms with Gasteiger partial charge in [0.15, 0.2) is 0 Å². The fourth-order valence-corrected chi connectivity index (χ4v) is 3.53. The number of benzene rings is 1.